The Morgan fingerprint density at radius 3 is 2.79 bits per heavy atom. The fourth-order valence-corrected chi connectivity index (χ4v) is 3.88. The van der Waals surface area contributed by atoms with Crippen LogP contribution in [0.4, 0.5) is 0 Å². The molecule has 3 rings (SSSR count). The number of fused-ring (bicyclic) bond motifs is 1. The van der Waals surface area contributed by atoms with E-state index in [2.05, 4.69) is 24.1 Å². The highest BCUT2D eigenvalue weighted by Crippen LogP contribution is 2.28. The molecule has 1 fully saturated rings. The summed E-state index contributed by atoms with van der Waals surface area (Å²) in [5, 5.41) is 3.85. The molecular weight excluding hydrogens is 302 g/mol. The van der Waals surface area contributed by atoms with Gasteiger partial charge in [-0.25, -0.2) is 4.79 Å². The molecule has 1 saturated carbocycles. The van der Waals surface area contributed by atoms with Crippen molar-refractivity contribution in [1.29, 1.82) is 0 Å². The van der Waals surface area contributed by atoms with Crippen LogP contribution >= 0.6 is 0 Å². The van der Waals surface area contributed by atoms with Gasteiger partial charge in [-0.15, -0.1) is 0 Å². The number of carbonyl (C=O) groups excluding carboxylic acids is 1. The van der Waals surface area contributed by atoms with Gasteiger partial charge in [0.2, 0.25) is 0 Å². The lowest BCUT2D eigenvalue weighted by molar-refractivity contribution is -0.135. The van der Waals surface area contributed by atoms with Gasteiger partial charge in [-0.3, -0.25) is 10.3 Å². The number of rotatable bonds is 5. The molecule has 132 valence electrons. The Kier molecular flexibility index (Phi) is 5.39. The number of nitrogens with one attached hydrogen (secondary N) is 1. The number of amidine groups is 1. The first-order valence-electron chi connectivity index (χ1n) is 9.19. The molecule has 0 saturated heterocycles. The average molecular weight is 331 g/mol. The summed E-state index contributed by atoms with van der Waals surface area (Å²) >= 11 is 0. The molecule has 2 unspecified atom stereocenters. The van der Waals surface area contributed by atoms with Crippen molar-refractivity contribution in [3.63, 3.8) is 0 Å². The summed E-state index contributed by atoms with van der Waals surface area (Å²) in [5.74, 6) is 1.15. The van der Waals surface area contributed by atoms with Crippen LogP contribution in [-0.2, 0) is 9.53 Å². The van der Waals surface area contributed by atoms with Crippen LogP contribution in [0.15, 0.2) is 28.9 Å². The molecule has 0 spiro atoms. The van der Waals surface area contributed by atoms with E-state index in [1.54, 1.807) is 0 Å². The van der Waals surface area contributed by atoms with E-state index in [0.717, 1.165) is 12.3 Å². The molecule has 2 aliphatic heterocycles. The quantitative estimate of drug-likeness (QED) is 0.787. The Hall–Kier alpha value is -1.62. The molecule has 1 aliphatic carbocycles. The third kappa shape index (κ3) is 3.72. The zero-order valence-electron chi connectivity index (χ0n) is 15.0. The molecule has 5 nitrogen and oxygen atoms in total. The molecule has 0 aromatic carbocycles. The van der Waals surface area contributed by atoms with Crippen molar-refractivity contribution in [2.45, 2.75) is 70.6 Å². The second kappa shape index (κ2) is 7.51. The van der Waals surface area contributed by atoms with Gasteiger partial charge in [-0.2, -0.15) is 0 Å². The Morgan fingerprint density at radius 1 is 1.38 bits per heavy atom. The molecule has 0 aromatic rings. The van der Waals surface area contributed by atoms with E-state index in [1.807, 2.05) is 18.4 Å². The SMILES string of the molecule is COC(=O)C1=CC2=NC(CC(C)C)C(NC3CCCCC3)N2C=C1. The zero-order chi connectivity index (χ0) is 17.1. The lowest BCUT2D eigenvalue weighted by atomic mass is 9.94. The largest absolute Gasteiger partial charge is 0.465 e. The van der Waals surface area contributed by atoms with E-state index in [-0.39, 0.29) is 18.2 Å². The van der Waals surface area contributed by atoms with Gasteiger partial charge in [0.1, 0.15) is 12.0 Å². The third-order valence-electron chi connectivity index (χ3n) is 5.07. The van der Waals surface area contributed by atoms with Gasteiger partial charge >= 0.3 is 5.97 Å². The maximum atomic E-state index is 11.8. The van der Waals surface area contributed by atoms with Crippen LogP contribution in [0.3, 0.4) is 0 Å². The standard InChI is InChI=1S/C19H29N3O2/c1-13(2)11-16-18(20-15-7-5-4-6-8-15)22-10-9-14(19(23)24-3)12-17(22)21-16/h9-10,12-13,15-16,18,20H,4-8,11H2,1-3H3. The summed E-state index contributed by atoms with van der Waals surface area (Å²) in [5.41, 5.74) is 0.564. The van der Waals surface area contributed by atoms with E-state index in [9.17, 15) is 4.79 Å². The second-order valence-corrected chi connectivity index (χ2v) is 7.44. The minimum Gasteiger partial charge on any atom is -0.465 e. The Balaban J connectivity index is 1.77. The zero-order valence-corrected chi connectivity index (χ0v) is 15.0. The topological polar surface area (TPSA) is 53.9 Å². The summed E-state index contributed by atoms with van der Waals surface area (Å²) < 4.78 is 4.83. The first-order valence-corrected chi connectivity index (χ1v) is 9.19. The van der Waals surface area contributed by atoms with Crippen molar-refractivity contribution in [2.24, 2.45) is 10.9 Å². The summed E-state index contributed by atoms with van der Waals surface area (Å²) in [6.07, 6.45) is 13.4. The van der Waals surface area contributed by atoms with E-state index >= 15 is 0 Å². The van der Waals surface area contributed by atoms with Gasteiger partial charge in [0.05, 0.1) is 18.7 Å². The van der Waals surface area contributed by atoms with Crippen LogP contribution in [0.1, 0.15) is 52.4 Å². The van der Waals surface area contributed by atoms with Crippen molar-refractivity contribution < 1.29 is 9.53 Å². The van der Waals surface area contributed by atoms with Crippen LogP contribution in [0, 0.1) is 5.92 Å². The van der Waals surface area contributed by atoms with Gasteiger partial charge in [0, 0.05) is 12.2 Å². The number of methoxy groups -OCH3 is 1. The summed E-state index contributed by atoms with van der Waals surface area (Å²) in [6.45, 7) is 4.47. The number of aliphatic imine (C=N–C) groups is 1. The molecule has 0 amide bonds. The predicted molar refractivity (Wildman–Crippen MR) is 95.6 cm³/mol. The molecular formula is C19H29N3O2. The van der Waals surface area contributed by atoms with Crippen LogP contribution in [0.2, 0.25) is 0 Å². The van der Waals surface area contributed by atoms with Gasteiger partial charge < -0.3 is 9.64 Å². The fourth-order valence-electron chi connectivity index (χ4n) is 3.88. The van der Waals surface area contributed by atoms with E-state index < -0.39 is 0 Å². The van der Waals surface area contributed by atoms with Crippen LogP contribution in [0.25, 0.3) is 0 Å². The highest BCUT2D eigenvalue weighted by Gasteiger charge is 2.37. The van der Waals surface area contributed by atoms with Gasteiger partial charge in [0.25, 0.3) is 0 Å². The minimum absolute atomic E-state index is 0.192. The van der Waals surface area contributed by atoms with Crippen LogP contribution < -0.4 is 5.32 Å². The minimum atomic E-state index is -0.308. The number of esters is 1. The molecule has 3 aliphatic rings. The lowest BCUT2D eigenvalue weighted by Gasteiger charge is -2.34. The molecule has 0 bridgehead atoms. The third-order valence-corrected chi connectivity index (χ3v) is 5.07. The smallest absolute Gasteiger partial charge is 0.338 e. The number of carbonyl (C=O) groups is 1. The van der Waals surface area contributed by atoms with Gasteiger partial charge in [-0.1, -0.05) is 33.1 Å². The summed E-state index contributed by atoms with van der Waals surface area (Å²) in [6, 6.07) is 0.798. The molecule has 0 aromatic heterocycles. The maximum Gasteiger partial charge on any atom is 0.338 e. The van der Waals surface area contributed by atoms with E-state index in [1.165, 1.54) is 39.2 Å². The number of ether oxygens (including phenoxy) is 1. The highest BCUT2D eigenvalue weighted by atomic mass is 16.5. The van der Waals surface area contributed by atoms with E-state index in [4.69, 9.17) is 9.73 Å². The van der Waals surface area contributed by atoms with Crippen LogP contribution in [0.5, 0.6) is 0 Å². The second-order valence-electron chi connectivity index (χ2n) is 7.44. The number of hydrogen-bond acceptors (Lipinski definition) is 5. The fraction of sp³-hybridized carbons (Fsp3) is 0.684. The maximum absolute atomic E-state index is 11.8. The predicted octanol–water partition coefficient (Wildman–Crippen LogP) is 2.99. The summed E-state index contributed by atoms with van der Waals surface area (Å²) in [7, 11) is 1.41. The monoisotopic (exact) mass is 331 g/mol. The lowest BCUT2D eigenvalue weighted by Crippen LogP contribution is -2.52. The normalized spacial score (nSPS) is 27.1. The highest BCUT2D eigenvalue weighted by molar-refractivity contribution is 6.05. The average Bonchev–Trinajstić information content (AvgIpc) is 2.91. The van der Waals surface area contributed by atoms with Crippen molar-refractivity contribution in [1.82, 2.24) is 10.2 Å². The van der Waals surface area contributed by atoms with Crippen molar-refractivity contribution in [3.8, 4) is 0 Å². The summed E-state index contributed by atoms with van der Waals surface area (Å²) in [4.78, 5) is 18.9. The molecule has 1 N–H and O–H groups in total. The van der Waals surface area contributed by atoms with Crippen molar-refractivity contribution in [3.05, 3.63) is 23.9 Å². The molecule has 24 heavy (non-hydrogen) atoms. The van der Waals surface area contributed by atoms with Crippen molar-refractivity contribution >= 4 is 11.8 Å². The Morgan fingerprint density at radius 2 is 2.12 bits per heavy atom. The number of nitrogens with zero attached hydrogens (tertiary/aromatic N) is 2. The Labute approximate surface area is 144 Å². The molecule has 2 atom stereocenters. The van der Waals surface area contributed by atoms with Crippen molar-refractivity contribution in [2.75, 3.05) is 7.11 Å². The first kappa shape index (κ1) is 17.2. The van der Waals surface area contributed by atoms with Gasteiger partial charge in [0.15, 0.2) is 0 Å². The van der Waals surface area contributed by atoms with Crippen LogP contribution in [-0.4, -0.2) is 42.1 Å². The van der Waals surface area contributed by atoms with E-state index in [0.29, 0.717) is 17.5 Å². The molecule has 2 heterocycles. The molecule has 0 radical (unpaired) electrons. The molecule has 5 heteroatoms. The van der Waals surface area contributed by atoms with Gasteiger partial charge in [-0.05, 0) is 37.3 Å². The number of hydrogen-bond donors (Lipinski definition) is 1. The Bertz CT molecular complexity index is 559. The first-order chi connectivity index (χ1) is 11.6.